The molecule has 0 aliphatic heterocycles. The highest BCUT2D eigenvalue weighted by Gasteiger charge is 2.04. The molecule has 1 aromatic heterocycles. The fourth-order valence-corrected chi connectivity index (χ4v) is 1.38. The molecule has 16 heavy (non-hydrogen) atoms. The summed E-state index contributed by atoms with van der Waals surface area (Å²) in [6.07, 6.45) is 3.03. The standard InChI is InChI=1S/C12H10FNO2/c13-10-3-1-9(2-4-10)7-12-14-8-11(16-12)5-6-15/h1-4,6,8H,5,7H2. The first kappa shape index (κ1) is 10.5. The number of carbonyl (C=O) groups excluding carboxylic acids is 1. The second-order valence-electron chi connectivity index (χ2n) is 3.39. The highest BCUT2D eigenvalue weighted by molar-refractivity contribution is 5.52. The summed E-state index contributed by atoms with van der Waals surface area (Å²) in [5.74, 6) is 0.813. The van der Waals surface area contributed by atoms with Crippen molar-refractivity contribution in [3.05, 3.63) is 53.5 Å². The highest BCUT2D eigenvalue weighted by atomic mass is 19.1. The third kappa shape index (κ3) is 2.53. The van der Waals surface area contributed by atoms with Gasteiger partial charge >= 0.3 is 0 Å². The first-order valence-corrected chi connectivity index (χ1v) is 4.89. The van der Waals surface area contributed by atoms with Gasteiger partial charge in [-0.05, 0) is 17.7 Å². The summed E-state index contributed by atoms with van der Waals surface area (Å²) in [5, 5.41) is 0. The Labute approximate surface area is 91.9 Å². The first-order valence-electron chi connectivity index (χ1n) is 4.89. The number of carbonyl (C=O) groups is 1. The van der Waals surface area contributed by atoms with E-state index in [0.29, 0.717) is 18.1 Å². The SMILES string of the molecule is O=CCc1cnc(Cc2ccc(F)cc2)o1. The molecule has 0 aliphatic carbocycles. The Morgan fingerprint density at radius 3 is 2.75 bits per heavy atom. The van der Waals surface area contributed by atoms with Gasteiger partial charge in [-0.1, -0.05) is 12.1 Å². The molecule has 0 saturated carbocycles. The second kappa shape index (κ2) is 4.70. The van der Waals surface area contributed by atoms with Gasteiger partial charge in [0.25, 0.3) is 0 Å². The lowest BCUT2D eigenvalue weighted by Crippen LogP contribution is -1.88. The molecule has 0 saturated heterocycles. The zero-order valence-electron chi connectivity index (χ0n) is 8.52. The molecular formula is C12H10FNO2. The molecule has 0 fully saturated rings. The van der Waals surface area contributed by atoms with Gasteiger partial charge in [-0.2, -0.15) is 0 Å². The minimum Gasteiger partial charge on any atom is -0.445 e. The van der Waals surface area contributed by atoms with Crippen molar-refractivity contribution in [2.45, 2.75) is 12.8 Å². The van der Waals surface area contributed by atoms with Crippen LogP contribution in [0.1, 0.15) is 17.2 Å². The number of benzene rings is 1. The van der Waals surface area contributed by atoms with E-state index >= 15 is 0 Å². The number of rotatable bonds is 4. The van der Waals surface area contributed by atoms with Gasteiger partial charge < -0.3 is 9.21 Å². The first-order chi connectivity index (χ1) is 7.78. The fraction of sp³-hybridized carbons (Fsp3) is 0.167. The Kier molecular flexibility index (Phi) is 3.10. The van der Waals surface area contributed by atoms with Crippen molar-refractivity contribution in [3.8, 4) is 0 Å². The number of halogens is 1. The minimum atomic E-state index is -0.266. The van der Waals surface area contributed by atoms with Gasteiger partial charge in [0, 0.05) is 6.42 Å². The molecule has 0 spiro atoms. The molecule has 0 bridgehead atoms. The monoisotopic (exact) mass is 219 g/mol. The lowest BCUT2D eigenvalue weighted by Gasteiger charge is -1.96. The zero-order chi connectivity index (χ0) is 11.4. The molecule has 0 amide bonds. The topological polar surface area (TPSA) is 43.1 Å². The maximum absolute atomic E-state index is 12.7. The van der Waals surface area contributed by atoms with E-state index in [1.807, 2.05) is 0 Å². The molecule has 0 aliphatic rings. The molecule has 82 valence electrons. The summed E-state index contributed by atoms with van der Waals surface area (Å²) in [6, 6.07) is 6.15. The Hall–Kier alpha value is -1.97. The summed E-state index contributed by atoms with van der Waals surface area (Å²) in [4.78, 5) is 14.3. The molecule has 0 unspecified atom stereocenters. The molecular weight excluding hydrogens is 209 g/mol. The maximum Gasteiger partial charge on any atom is 0.198 e. The lowest BCUT2D eigenvalue weighted by molar-refractivity contribution is -0.107. The number of oxazole rings is 1. The third-order valence-corrected chi connectivity index (χ3v) is 2.15. The van der Waals surface area contributed by atoms with Gasteiger partial charge in [-0.25, -0.2) is 9.37 Å². The van der Waals surface area contributed by atoms with Crippen LogP contribution < -0.4 is 0 Å². The van der Waals surface area contributed by atoms with Crippen LogP contribution in [-0.4, -0.2) is 11.3 Å². The summed E-state index contributed by atoms with van der Waals surface area (Å²) >= 11 is 0. The summed E-state index contributed by atoms with van der Waals surface area (Å²) in [6.45, 7) is 0. The van der Waals surface area contributed by atoms with E-state index in [1.165, 1.54) is 18.3 Å². The summed E-state index contributed by atoms with van der Waals surface area (Å²) in [5.41, 5.74) is 0.918. The Bertz CT molecular complexity index is 476. The number of hydrogen-bond acceptors (Lipinski definition) is 3. The van der Waals surface area contributed by atoms with E-state index in [1.54, 1.807) is 12.1 Å². The lowest BCUT2D eigenvalue weighted by atomic mass is 10.1. The normalized spacial score (nSPS) is 10.3. The van der Waals surface area contributed by atoms with Crippen LogP contribution in [0.3, 0.4) is 0 Å². The van der Waals surface area contributed by atoms with E-state index in [4.69, 9.17) is 4.42 Å². The van der Waals surface area contributed by atoms with Gasteiger partial charge in [0.05, 0.1) is 12.6 Å². The maximum atomic E-state index is 12.7. The quantitative estimate of drug-likeness (QED) is 0.740. The van der Waals surface area contributed by atoms with Crippen molar-refractivity contribution < 1.29 is 13.6 Å². The van der Waals surface area contributed by atoms with Crippen LogP contribution >= 0.6 is 0 Å². The van der Waals surface area contributed by atoms with Crippen LogP contribution in [0.15, 0.2) is 34.9 Å². The molecule has 0 atom stereocenters. The van der Waals surface area contributed by atoms with Crippen LogP contribution in [0.4, 0.5) is 4.39 Å². The average molecular weight is 219 g/mol. The summed E-state index contributed by atoms with van der Waals surface area (Å²) < 4.78 is 18.0. The van der Waals surface area contributed by atoms with Crippen LogP contribution in [0.25, 0.3) is 0 Å². The average Bonchev–Trinajstić information content (AvgIpc) is 2.70. The Morgan fingerprint density at radius 1 is 1.31 bits per heavy atom. The Balaban J connectivity index is 2.08. The minimum absolute atomic E-state index is 0.233. The number of aldehydes is 1. The van der Waals surface area contributed by atoms with Crippen molar-refractivity contribution in [2.75, 3.05) is 0 Å². The molecule has 2 aromatic rings. The molecule has 1 aromatic carbocycles. The van der Waals surface area contributed by atoms with E-state index in [0.717, 1.165) is 11.8 Å². The predicted molar refractivity (Wildman–Crippen MR) is 55.5 cm³/mol. The number of hydrogen-bond donors (Lipinski definition) is 0. The largest absolute Gasteiger partial charge is 0.445 e. The molecule has 3 nitrogen and oxygen atoms in total. The highest BCUT2D eigenvalue weighted by Crippen LogP contribution is 2.11. The van der Waals surface area contributed by atoms with Gasteiger partial charge in [-0.15, -0.1) is 0 Å². The van der Waals surface area contributed by atoms with Gasteiger partial charge in [0.2, 0.25) is 0 Å². The molecule has 0 N–H and O–H groups in total. The van der Waals surface area contributed by atoms with Gasteiger partial charge in [0.15, 0.2) is 5.89 Å². The van der Waals surface area contributed by atoms with Gasteiger partial charge in [0.1, 0.15) is 17.9 Å². The number of aromatic nitrogens is 1. The van der Waals surface area contributed by atoms with Crippen molar-refractivity contribution in [1.29, 1.82) is 0 Å². The van der Waals surface area contributed by atoms with E-state index < -0.39 is 0 Å². The smallest absolute Gasteiger partial charge is 0.198 e. The van der Waals surface area contributed by atoms with Crippen molar-refractivity contribution >= 4 is 6.29 Å². The van der Waals surface area contributed by atoms with Crippen LogP contribution in [0.5, 0.6) is 0 Å². The van der Waals surface area contributed by atoms with Gasteiger partial charge in [-0.3, -0.25) is 0 Å². The van der Waals surface area contributed by atoms with Crippen LogP contribution in [0.2, 0.25) is 0 Å². The van der Waals surface area contributed by atoms with Crippen molar-refractivity contribution in [3.63, 3.8) is 0 Å². The molecule has 4 heteroatoms. The van der Waals surface area contributed by atoms with Crippen molar-refractivity contribution in [1.82, 2.24) is 4.98 Å². The number of nitrogens with zero attached hydrogens (tertiary/aromatic N) is 1. The van der Waals surface area contributed by atoms with Crippen LogP contribution in [-0.2, 0) is 17.6 Å². The fourth-order valence-electron chi connectivity index (χ4n) is 1.38. The van der Waals surface area contributed by atoms with E-state index in [2.05, 4.69) is 4.98 Å². The van der Waals surface area contributed by atoms with E-state index in [-0.39, 0.29) is 12.2 Å². The zero-order valence-corrected chi connectivity index (χ0v) is 8.52. The van der Waals surface area contributed by atoms with Crippen LogP contribution in [0, 0.1) is 5.82 Å². The summed E-state index contributed by atoms with van der Waals surface area (Å²) in [7, 11) is 0. The molecule has 1 heterocycles. The molecule has 2 rings (SSSR count). The third-order valence-electron chi connectivity index (χ3n) is 2.15. The Morgan fingerprint density at radius 2 is 2.06 bits per heavy atom. The molecule has 0 radical (unpaired) electrons. The van der Waals surface area contributed by atoms with Crippen molar-refractivity contribution in [2.24, 2.45) is 0 Å². The van der Waals surface area contributed by atoms with E-state index in [9.17, 15) is 9.18 Å². The second-order valence-corrected chi connectivity index (χ2v) is 3.39. The predicted octanol–water partition coefficient (Wildman–Crippen LogP) is 2.15.